The second-order valence-electron chi connectivity index (χ2n) is 4.82. The number of unbranched alkanes of at least 4 members (excludes halogenated alkanes) is 2. The Morgan fingerprint density at radius 3 is 2.78 bits per heavy atom. The molecule has 1 unspecified atom stereocenters. The topological polar surface area (TPSA) is 46.9 Å². The predicted molar refractivity (Wildman–Crippen MR) is 76.0 cm³/mol. The zero-order chi connectivity index (χ0) is 13.4. The summed E-state index contributed by atoms with van der Waals surface area (Å²) in [5.74, 6) is 0.481. The van der Waals surface area contributed by atoms with E-state index in [-0.39, 0.29) is 5.56 Å². The molecule has 18 heavy (non-hydrogen) atoms. The Balaban J connectivity index is 2.61. The maximum atomic E-state index is 12.1. The van der Waals surface area contributed by atoms with Crippen molar-refractivity contribution in [2.75, 3.05) is 5.32 Å². The van der Waals surface area contributed by atoms with Crippen LogP contribution in [0, 0.1) is 0 Å². The molecule has 1 aromatic heterocycles. The van der Waals surface area contributed by atoms with Crippen molar-refractivity contribution in [3.8, 4) is 0 Å². The zero-order valence-electron chi connectivity index (χ0n) is 11.8. The minimum absolute atomic E-state index is 0.0123. The predicted octanol–water partition coefficient (Wildman–Crippen LogP) is 3.03. The molecule has 0 aliphatic heterocycles. The van der Waals surface area contributed by atoms with Crippen LogP contribution in [0.3, 0.4) is 0 Å². The Labute approximate surface area is 109 Å². The molecule has 102 valence electrons. The molecule has 4 nitrogen and oxygen atoms in total. The summed E-state index contributed by atoms with van der Waals surface area (Å²) >= 11 is 0. The average molecular weight is 251 g/mol. The molecule has 0 bridgehead atoms. The number of hydrogen-bond donors (Lipinski definition) is 1. The molecule has 0 fully saturated rings. The highest BCUT2D eigenvalue weighted by Crippen LogP contribution is 2.06. The standard InChI is InChI=1S/C14H25N3O/c1-4-6-7-8-12(3)16-13-14(18)17(10-5-2)11-9-15-13/h9,11-12H,4-8,10H2,1-3H3,(H,15,16). The van der Waals surface area contributed by atoms with Gasteiger partial charge in [-0.1, -0.05) is 33.1 Å². The van der Waals surface area contributed by atoms with Gasteiger partial charge >= 0.3 is 0 Å². The SMILES string of the molecule is CCCCCC(C)Nc1nccn(CCC)c1=O. The third-order valence-corrected chi connectivity index (χ3v) is 3.00. The normalized spacial score (nSPS) is 12.4. The summed E-state index contributed by atoms with van der Waals surface area (Å²) in [6.07, 6.45) is 9.14. The third-order valence-electron chi connectivity index (χ3n) is 3.00. The minimum Gasteiger partial charge on any atom is -0.363 e. The lowest BCUT2D eigenvalue weighted by Gasteiger charge is -2.14. The van der Waals surface area contributed by atoms with Gasteiger partial charge in [0.1, 0.15) is 0 Å². The molecular formula is C14H25N3O. The molecule has 1 heterocycles. The summed E-state index contributed by atoms with van der Waals surface area (Å²) < 4.78 is 1.72. The van der Waals surface area contributed by atoms with Crippen LogP contribution in [-0.2, 0) is 6.54 Å². The summed E-state index contributed by atoms with van der Waals surface area (Å²) in [6.45, 7) is 7.11. The first-order valence-electron chi connectivity index (χ1n) is 7.01. The lowest BCUT2D eigenvalue weighted by molar-refractivity contribution is 0.607. The van der Waals surface area contributed by atoms with Crippen LogP contribution in [0.25, 0.3) is 0 Å². The number of nitrogens with one attached hydrogen (secondary N) is 1. The van der Waals surface area contributed by atoms with Gasteiger partial charge < -0.3 is 9.88 Å². The molecule has 0 saturated heterocycles. The van der Waals surface area contributed by atoms with Crippen molar-refractivity contribution in [2.45, 2.75) is 65.5 Å². The molecule has 0 aliphatic rings. The first kappa shape index (κ1) is 14.7. The summed E-state index contributed by atoms with van der Waals surface area (Å²) in [7, 11) is 0. The van der Waals surface area contributed by atoms with E-state index in [0.29, 0.717) is 11.9 Å². The van der Waals surface area contributed by atoms with Crippen LogP contribution in [0.4, 0.5) is 5.82 Å². The summed E-state index contributed by atoms with van der Waals surface area (Å²) in [4.78, 5) is 16.2. The number of anilines is 1. The monoisotopic (exact) mass is 251 g/mol. The van der Waals surface area contributed by atoms with E-state index < -0.39 is 0 Å². The fourth-order valence-corrected chi connectivity index (χ4v) is 1.97. The fourth-order valence-electron chi connectivity index (χ4n) is 1.97. The molecule has 0 radical (unpaired) electrons. The van der Waals surface area contributed by atoms with Crippen LogP contribution < -0.4 is 10.9 Å². The van der Waals surface area contributed by atoms with E-state index in [1.54, 1.807) is 17.0 Å². The molecule has 1 atom stereocenters. The van der Waals surface area contributed by atoms with Crippen molar-refractivity contribution in [3.05, 3.63) is 22.7 Å². The average Bonchev–Trinajstić information content (AvgIpc) is 2.35. The summed E-state index contributed by atoms with van der Waals surface area (Å²) in [6, 6.07) is 0.300. The molecule has 0 saturated carbocycles. The highest BCUT2D eigenvalue weighted by molar-refractivity contribution is 5.31. The largest absolute Gasteiger partial charge is 0.363 e. The molecule has 0 aliphatic carbocycles. The first-order chi connectivity index (χ1) is 8.69. The molecule has 0 aromatic carbocycles. The minimum atomic E-state index is -0.0123. The van der Waals surface area contributed by atoms with E-state index in [0.717, 1.165) is 19.4 Å². The third kappa shape index (κ3) is 4.51. The summed E-state index contributed by atoms with van der Waals surface area (Å²) in [5.41, 5.74) is -0.0123. The van der Waals surface area contributed by atoms with Gasteiger partial charge in [0.2, 0.25) is 0 Å². The zero-order valence-corrected chi connectivity index (χ0v) is 11.8. The Bertz CT molecular complexity index is 400. The van der Waals surface area contributed by atoms with Gasteiger partial charge in [-0.15, -0.1) is 0 Å². The van der Waals surface area contributed by atoms with Crippen LogP contribution in [0.15, 0.2) is 17.2 Å². The van der Waals surface area contributed by atoms with Gasteiger partial charge in [0, 0.05) is 25.0 Å². The molecular weight excluding hydrogens is 226 g/mol. The number of aryl methyl sites for hydroxylation is 1. The molecule has 4 heteroatoms. The number of aromatic nitrogens is 2. The van der Waals surface area contributed by atoms with Gasteiger partial charge in [-0.3, -0.25) is 4.79 Å². The van der Waals surface area contributed by atoms with E-state index in [9.17, 15) is 4.79 Å². The second kappa shape index (κ2) is 7.90. The van der Waals surface area contributed by atoms with Crippen LogP contribution in [0.1, 0.15) is 52.9 Å². The van der Waals surface area contributed by atoms with Gasteiger partial charge in [-0.25, -0.2) is 4.98 Å². The number of nitrogens with zero attached hydrogens (tertiary/aromatic N) is 2. The van der Waals surface area contributed by atoms with Crippen LogP contribution in [0.2, 0.25) is 0 Å². The summed E-state index contributed by atoms with van der Waals surface area (Å²) in [5, 5.41) is 3.22. The Kier molecular flexibility index (Phi) is 6.47. The maximum Gasteiger partial charge on any atom is 0.293 e. The van der Waals surface area contributed by atoms with E-state index in [1.165, 1.54) is 19.3 Å². The lowest BCUT2D eigenvalue weighted by Crippen LogP contribution is -2.27. The number of rotatable bonds is 8. The van der Waals surface area contributed by atoms with Crippen molar-refractivity contribution in [2.24, 2.45) is 0 Å². The van der Waals surface area contributed by atoms with Crippen molar-refractivity contribution < 1.29 is 0 Å². The van der Waals surface area contributed by atoms with Gasteiger partial charge in [0.25, 0.3) is 5.56 Å². The van der Waals surface area contributed by atoms with Crippen molar-refractivity contribution >= 4 is 5.82 Å². The lowest BCUT2D eigenvalue weighted by atomic mass is 10.1. The second-order valence-corrected chi connectivity index (χ2v) is 4.82. The van der Waals surface area contributed by atoms with Crippen LogP contribution in [-0.4, -0.2) is 15.6 Å². The van der Waals surface area contributed by atoms with Crippen molar-refractivity contribution in [1.82, 2.24) is 9.55 Å². The van der Waals surface area contributed by atoms with Gasteiger partial charge in [0.15, 0.2) is 5.82 Å². The van der Waals surface area contributed by atoms with Crippen molar-refractivity contribution in [3.63, 3.8) is 0 Å². The molecule has 1 N–H and O–H groups in total. The van der Waals surface area contributed by atoms with E-state index >= 15 is 0 Å². The highest BCUT2D eigenvalue weighted by Gasteiger charge is 2.07. The molecule has 1 rings (SSSR count). The number of hydrogen-bond acceptors (Lipinski definition) is 3. The van der Waals surface area contributed by atoms with Crippen molar-refractivity contribution in [1.29, 1.82) is 0 Å². The smallest absolute Gasteiger partial charge is 0.293 e. The van der Waals surface area contributed by atoms with Crippen LogP contribution >= 0.6 is 0 Å². The maximum absolute atomic E-state index is 12.1. The Morgan fingerprint density at radius 2 is 2.11 bits per heavy atom. The Morgan fingerprint density at radius 1 is 1.33 bits per heavy atom. The fraction of sp³-hybridized carbons (Fsp3) is 0.714. The first-order valence-corrected chi connectivity index (χ1v) is 7.01. The van der Waals surface area contributed by atoms with Gasteiger partial charge in [0.05, 0.1) is 0 Å². The molecule has 0 spiro atoms. The Hall–Kier alpha value is -1.32. The highest BCUT2D eigenvalue weighted by atomic mass is 16.1. The molecule has 1 aromatic rings. The van der Waals surface area contributed by atoms with E-state index in [1.807, 2.05) is 0 Å². The van der Waals surface area contributed by atoms with Crippen LogP contribution in [0.5, 0.6) is 0 Å². The van der Waals surface area contributed by atoms with Gasteiger partial charge in [-0.2, -0.15) is 0 Å². The molecule has 0 amide bonds. The van der Waals surface area contributed by atoms with Gasteiger partial charge in [-0.05, 0) is 19.8 Å². The quantitative estimate of drug-likeness (QED) is 0.722. The van der Waals surface area contributed by atoms with E-state index in [2.05, 4.69) is 31.1 Å². The van der Waals surface area contributed by atoms with E-state index in [4.69, 9.17) is 0 Å².